The number of phenols is 3. The lowest BCUT2D eigenvalue weighted by molar-refractivity contribution is 0.348. The molecule has 0 fully saturated rings. The van der Waals surface area contributed by atoms with Crippen molar-refractivity contribution in [3.05, 3.63) is 34.5 Å². The average Bonchev–Trinajstić information content (AvgIpc) is 2.62. The molecule has 0 unspecified atom stereocenters. The number of rotatable bonds is 4. The summed E-state index contributed by atoms with van der Waals surface area (Å²) in [6, 6.07) is 4.96. The second kappa shape index (κ2) is 6.40. The molecule has 136 valence electrons. The van der Waals surface area contributed by atoms with Crippen molar-refractivity contribution in [2.75, 3.05) is 21.3 Å². The van der Waals surface area contributed by atoms with Crippen LogP contribution in [0.3, 0.4) is 0 Å². The highest BCUT2D eigenvalue weighted by Gasteiger charge is 2.25. The van der Waals surface area contributed by atoms with Crippen molar-refractivity contribution in [1.29, 1.82) is 0 Å². The van der Waals surface area contributed by atoms with Gasteiger partial charge in [-0.05, 0) is 18.2 Å². The Balaban J connectivity index is 2.52. The highest BCUT2D eigenvalue weighted by atomic mass is 16.5. The molecule has 26 heavy (non-hydrogen) atoms. The summed E-state index contributed by atoms with van der Waals surface area (Å²) in [6.07, 6.45) is 0. The lowest BCUT2D eigenvalue weighted by Crippen LogP contribution is -2.09. The molecular formula is C18H16O8. The minimum atomic E-state index is -0.676. The normalized spacial score (nSPS) is 10.7. The first kappa shape index (κ1) is 17.3. The molecule has 2 aromatic carbocycles. The molecule has 1 heterocycles. The van der Waals surface area contributed by atoms with Crippen LogP contribution in [0.2, 0.25) is 0 Å². The number of ether oxygens (including phenoxy) is 3. The lowest BCUT2D eigenvalue weighted by Gasteiger charge is -2.14. The van der Waals surface area contributed by atoms with Crippen LogP contribution >= 0.6 is 0 Å². The third-order valence-corrected chi connectivity index (χ3v) is 3.88. The second-order valence-corrected chi connectivity index (χ2v) is 5.33. The highest BCUT2D eigenvalue weighted by molar-refractivity contribution is 5.93. The van der Waals surface area contributed by atoms with Crippen LogP contribution in [0.1, 0.15) is 0 Å². The summed E-state index contributed by atoms with van der Waals surface area (Å²) in [6.45, 7) is 0. The van der Waals surface area contributed by atoms with Gasteiger partial charge in [0.25, 0.3) is 0 Å². The summed E-state index contributed by atoms with van der Waals surface area (Å²) in [5, 5.41) is 29.9. The van der Waals surface area contributed by atoms with Crippen LogP contribution in [0.5, 0.6) is 34.5 Å². The summed E-state index contributed by atoms with van der Waals surface area (Å²) < 4.78 is 21.3. The summed E-state index contributed by atoms with van der Waals surface area (Å²) in [7, 11) is 3.97. The van der Waals surface area contributed by atoms with Crippen molar-refractivity contribution in [3.8, 4) is 45.8 Å². The van der Waals surface area contributed by atoms with Gasteiger partial charge in [-0.15, -0.1) is 0 Å². The van der Waals surface area contributed by atoms with Gasteiger partial charge in [-0.1, -0.05) is 0 Å². The zero-order valence-electron chi connectivity index (χ0n) is 14.2. The monoisotopic (exact) mass is 360 g/mol. The van der Waals surface area contributed by atoms with E-state index >= 15 is 0 Å². The lowest BCUT2D eigenvalue weighted by atomic mass is 10.1. The van der Waals surface area contributed by atoms with Crippen LogP contribution in [0.15, 0.2) is 33.5 Å². The molecule has 3 rings (SSSR count). The van der Waals surface area contributed by atoms with Gasteiger partial charge in [-0.3, -0.25) is 4.79 Å². The molecule has 8 nitrogen and oxygen atoms in total. The SMILES string of the molecule is COc1cc(O)c2c(=O)c(OC)c(-c3cc(O)ccc3O)oc2c1OC. The van der Waals surface area contributed by atoms with E-state index in [9.17, 15) is 20.1 Å². The van der Waals surface area contributed by atoms with E-state index < -0.39 is 5.43 Å². The minimum absolute atomic E-state index is 0.0326. The number of phenolic OH excluding ortho intramolecular Hbond substituents is 3. The maximum absolute atomic E-state index is 12.9. The second-order valence-electron chi connectivity index (χ2n) is 5.33. The number of hydrogen-bond acceptors (Lipinski definition) is 8. The summed E-state index contributed by atoms with van der Waals surface area (Å²) in [4.78, 5) is 12.9. The number of aromatic hydroxyl groups is 3. The van der Waals surface area contributed by atoms with E-state index in [1.165, 1.54) is 45.6 Å². The Labute approximate surface area is 147 Å². The van der Waals surface area contributed by atoms with Gasteiger partial charge in [-0.25, -0.2) is 0 Å². The van der Waals surface area contributed by atoms with Crippen molar-refractivity contribution >= 4 is 11.0 Å². The fraction of sp³-hybridized carbons (Fsp3) is 0.167. The third-order valence-electron chi connectivity index (χ3n) is 3.88. The molecule has 0 radical (unpaired) electrons. The standard InChI is InChI=1S/C18H16O8/c1-23-12-7-11(21)13-14(22)18(25-3)15(26-17(13)16(12)24-2)9-6-8(19)4-5-10(9)20/h4-7,19-21H,1-3H3. The largest absolute Gasteiger partial charge is 0.508 e. The molecule has 0 saturated carbocycles. The highest BCUT2D eigenvalue weighted by Crippen LogP contribution is 2.44. The number of benzene rings is 2. The number of hydrogen-bond donors (Lipinski definition) is 3. The molecule has 3 N–H and O–H groups in total. The van der Waals surface area contributed by atoms with Crippen LogP contribution < -0.4 is 19.6 Å². The van der Waals surface area contributed by atoms with Gasteiger partial charge in [0.2, 0.25) is 16.9 Å². The third kappa shape index (κ3) is 2.52. The van der Waals surface area contributed by atoms with E-state index in [1.54, 1.807) is 0 Å². The van der Waals surface area contributed by atoms with E-state index in [0.29, 0.717) is 0 Å². The molecule has 0 atom stereocenters. The van der Waals surface area contributed by atoms with Gasteiger partial charge in [-0.2, -0.15) is 0 Å². The zero-order chi connectivity index (χ0) is 19.0. The molecule has 0 bridgehead atoms. The van der Waals surface area contributed by atoms with Gasteiger partial charge in [0.05, 0.1) is 26.9 Å². The molecule has 0 aliphatic rings. The molecule has 0 aliphatic carbocycles. The number of methoxy groups -OCH3 is 3. The molecular weight excluding hydrogens is 344 g/mol. The van der Waals surface area contributed by atoms with Gasteiger partial charge in [0, 0.05) is 6.07 Å². The van der Waals surface area contributed by atoms with Crippen molar-refractivity contribution in [2.45, 2.75) is 0 Å². The summed E-state index contributed by atoms with van der Waals surface area (Å²) >= 11 is 0. The summed E-state index contributed by atoms with van der Waals surface area (Å²) in [5.41, 5.74) is -0.733. The Hall–Kier alpha value is -3.55. The van der Waals surface area contributed by atoms with Crippen LogP contribution in [-0.2, 0) is 0 Å². The van der Waals surface area contributed by atoms with Crippen LogP contribution in [-0.4, -0.2) is 36.6 Å². The van der Waals surface area contributed by atoms with Gasteiger partial charge < -0.3 is 33.9 Å². The molecule has 8 heteroatoms. The van der Waals surface area contributed by atoms with Crippen molar-refractivity contribution in [3.63, 3.8) is 0 Å². The molecule has 0 amide bonds. The zero-order valence-corrected chi connectivity index (χ0v) is 14.2. The predicted octanol–water partition coefficient (Wildman–Crippen LogP) is 2.60. The predicted molar refractivity (Wildman–Crippen MR) is 92.6 cm³/mol. The first-order valence-electron chi connectivity index (χ1n) is 7.44. The fourth-order valence-corrected chi connectivity index (χ4v) is 2.70. The maximum atomic E-state index is 12.9. The first-order valence-corrected chi connectivity index (χ1v) is 7.44. The fourth-order valence-electron chi connectivity index (χ4n) is 2.70. The Morgan fingerprint density at radius 3 is 2.19 bits per heavy atom. The minimum Gasteiger partial charge on any atom is -0.508 e. The Morgan fingerprint density at radius 1 is 0.885 bits per heavy atom. The van der Waals surface area contributed by atoms with Crippen LogP contribution in [0.25, 0.3) is 22.3 Å². The first-order chi connectivity index (χ1) is 12.4. The van der Waals surface area contributed by atoms with E-state index in [4.69, 9.17) is 18.6 Å². The van der Waals surface area contributed by atoms with E-state index in [0.717, 1.165) is 0 Å². The topological polar surface area (TPSA) is 119 Å². The molecule has 1 aromatic heterocycles. The molecule has 0 aliphatic heterocycles. The Kier molecular flexibility index (Phi) is 4.25. The van der Waals surface area contributed by atoms with Gasteiger partial charge in [0.1, 0.15) is 22.6 Å². The van der Waals surface area contributed by atoms with Gasteiger partial charge >= 0.3 is 0 Å². The Morgan fingerprint density at radius 2 is 1.58 bits per heavy atom. The molecule has 0 saturated heterocycles. The molecule has 0 spiro atoms. The quantitative estimate of drug-likeness (QED) is 0.608. The smallest absolute Gasteiger partial charge is 0.239 e. The van der Waals surface area contributed by atoms with Crippen molar-refractivity contribution < 1.29 is 33.9 Å². The van der Waals surface area contributed by atoms with E-state index in [-0.39, 0.29) is 56.8 Å². The van der Waals surface area contributed by atoms with E-state index in [1.807, 2.05) is 0 Å². The number of fused-ring (bicyclic) bond motifs is 1. The van der Waals surface area contributed by atoms with Crippen molar-refractivity contribution in [2.24, 2.45) is 0 Å². The molecule has 3 aromatic rings. The van der Waals surface area contributed by atoms with E-state index in [2.05, 4.69) is 0 Å². The van der Waals surface area contributed by atoms with Crippen molar-refractivity contribution in [1.82, 2.24) is 0 Å². The average molecular weight is 360 g/mol. The van der Waals surface area contributed by atoms with Gasteiger partial charge in [0.15, 0.2) is 17.1 Å². The van der Waals surface area contributed by atoms with Crippen LogP contribution in [0, 0.1) is 0 Å². The maximum Gasteiger partial charge on any atom is 0.239 e. The Bertz CT molecular complexity index is 1050. The summed E-state index contributed by atoms with van der Waals surface area (Å²) in [5.74, 6) is -0.919. The van der Waals surface area contributed by atoms with Crippen LogP contribution in [0.4, 0.5) is 0 Å².